The standard InChI is InChI=1S/C24H18O5.H2S/c25-17-1-5-19(6-2-17)27-21-9-13-23(14-10-21)29-24-15-11-22(12-16-24)28-20-7-3-18(26)4-8-20;/h1-16,25-26H;1H2. The molecule has 0 aromatic heterocycles. The molecular formula is C24H20O5S. The summed E-state index contributed by atoms with van der Waals surface area (Å²) < 4.78 is 17.3. The summed E-state index contributed by atoms with van der Waals surface area (Å²) in [6, 6.07) is 27.6. The Morgan fingerprint density at radius 2 is 0.500 bits per heavy atom. The average Bonchev–Trinajstić information content (AvgIpc) is 2.74. The number of hydrogen-bond donors (Lipinski definition) is 2. The molecule has 5 nitrogen and oxygen atoms in total. The largest absolute Gasteiger partial charge is 0.508 e. The van der Waals surface area contributed by atoms with Crippen molar-refractivity contribution in [3.8, 4) is 46.0 Å². The Morgan fingerprint density at radius 1 is 0.333 bits per heavy atom. The molecule has 0 radical (unpaired) electrons. The van der Waals surface area contributed by atoms with Gasteiger partial charge in [0.2, 0.25) is 0 Å². The van der Waals surface area contributed by atoms with Gasteiger partial charge >= 0.3 is 0 Å². The van der Waals surface area contributed by atoms with Gasteiger partial charge in [-0.25, -0.2) is 0 Å². The minimum absolute atomic E-state index is 0. The first-order valence-electron chi connectivity index (χ1n) is 8.96. The molecule has 0 saturated heterocycles. The second-order valence-corrected chi connectivity index (χ2v) is 6.24. The molecular weight excluding hydrogens is 400 g/mol. The second-order valence-electron chi connectivity index (χ2n) is 6.24. The van der Waals surface area contributed by atoms with E-state index in [4.69, 9.17) is 14.2 Å². The summed E-state index contributed by atoms with van der Waals surface area (Å²) in [4.78, 5) is 0. The van der Waals surface area contributed by atoms with E-state index >= 15 is 0 Å². The Kier molecular flexibility index (Phi) is 6.72. The minimum atomic E-state index is 0. The van der Waals surface area contributed by atoms with Crippen molar-refractivity contribution in [3.63, 3.8) is 0 Å². The zero-order chi connectivity index (χ0) is 20.1. The zero-order valence-electron chi connectivity index (χ0n) is 15.9. The monoisotopic (exact) mass is 420 g/mol. The molecule has 0 aliphatic carbocycles. The summed E-state index contributed by atoms with van der Waals surface area (Å²) in [6.45, 7) is 0. The van der Waals surface area contributed by atoms with Crippen LogP contribution >= 0.6 is 13.5 Å². The van der Waals surface area contributed by atoms with Crippen molar-refractivity contribution in [1.29, 1.82) is 0 Å². The molecule has 0 atom stereocenters. The molecule has 0 unspecified atom stereocenters. The van der Waals surface area contributed by atoms with Gasteiger partial charge in [0.25, 0.3) is 0 Å². The molecule has 0 fully saturated rings. The lowest BCUT2D eigenvalue weighted by Crippen LogP contribution is -1.87. The molecule has 0 aliphatic rings. The highest BCUT2D eigenvalue weighted by atomic mass is 32.1. The van der Waals surface area contributed by atoms with Crippen LogP contribution in [0.1, 0.15) is 0 Å². The number of phenolic OH excluding ortho intramolecular Hbond substituents is 2. The van der Waals surface area contributed by atoms with Crippen LogP contribution in [-0.4, -0.2) is 10.2 Å². The van der Waals surface area contributed by atoms with Crippen LogP contribution in [0.5, 0.6) is 46.0 Å². The van der Waals surface area contributed by atoms with Crippen LogP contribution in [0.25, 0.3) is 0 Å². The fourth-order valence-corrected chi connectivity index (χ4v) is 2.59. The normalized spacial score (nSPS) is 10.0. The molecule has 0 amide bonds. The predicted octanol–water partition coefficient (Wildman–Crippen LogP) is 6.59. The Bertz CT molecular complexity index is 972. The van der Waals surface area contributed by atoms with Gasteiger partial charge in [0, 0.05) is 0 Å². The topological polar surface area (TPSA) is 68.2 Å². The van der Waals surface area contributed by atoms with E-state index in [0.717, 1.165) is 0 Å². The van der Waals surface area contributed by atoms with Crippen LogP contribution in [0.3, 0.4) is 0 Å². The van der Waals surface area contributed by atoms with Crippen molar-refractivity contribution in [3.05, 3.63) is 97.1 Å². The highest BCUT2D eigenvalue weighted by molar-refractivity contribution is 7.59. The van der Waals surface area contributed by atoms with Crippen LogP contribution < -0.4 is 14.2 Å². The van der Waals surface area contributed by atoms with E-state index in [1.165, 1.54) is 0 Å². The van der Waals surface area contributed by atoms with Crippen molar-refractivity contribution in [2.24, 2.45) is 0 Å². The number of rotatable bonds is 6. The van der Waals surface area contributed by atoms with Crippen molar-refractivity contribution >= 4 is 13.5 Å². The van der Waals surface area contributed by atoms with Gasteiger partial charge in [-0.3, -0.25) is 0 Å². The zero-order valence-corrected chi connectivity index (χ0v) is 16.9. The summed E-state index contributed by atoms with van der Waals surface area (Å²) in [6.07, 6.45) is 0. The van der Waals surface area contributed by atoms with E-state index < -0.39 is 0 Å². The number of ether oxygens (including phenoxy) is 3. The van der Waals surface area contributed by atoms with E-state index in [-0.39, 0.29) is 25.0 Å². The van der Waals surface area contributed by atoms with Gasteiger partial charge in [0.15, 0.2) is 0 Å². The second kappa shape index (κ2) is 9.62. The number of phenols is 2. The fraction of sp³-hybridized carbons (Fsp3) is 0. The highest BCUT2D eigenvalue weighted by Gasteiger charge is 2.02. The summed E-state index contributed by atoms with van der Waals surface area (Å²) >= 11 is 0. The smallest absolute Gasteiger partial charge is 0.127 e. The molecule has 0 saturated carbocycles. The Balaban J connectivity index is 0.00000256. The number of hydrogen-bond acceptors (Lipinski definition) is 5. The van der Waals surface area contributed by atoms with Crippen molar-refractivity contribution in [2.45, 2.75) is 0 Å². The first-order chi connectivity index (χ1) is 14.1. The molecule has 0 bridgehead atoms. The molecule has 0 heterocycles. The lowest BCUT2D eigenvalue weighted by molar-refractivity contribution is 0.458. The predicted molar refractivity (Wildman–Crippen MR) is 120 cm³/mol. The summed E-state index contributed by atoms with van der Waals surface area (Å²) in [5, 5.41) is 18.6. The summed E-state index contributed by atoms with van der Waals surface area (Å²) in [7, 11) is 0. The van der Waals surface area contributed by atoms with Gasteiger partial charge in [-0.05, 0) is 97.1 Å². The van der Waals surface area contributed by atoms with Gasteiger partial charge in [-0.1, -0.05) is 0 Å². The maximum absolute atomic E-state index is 9.31. The third-order valence-corrected chi connectivity index (χ3v) is 4.03. The van der Waals surface area contributed by atoms with Gasteiger partial charge in [0.05, 0.1) is 0 Å². The van der Waals surface area contributed by atoms with Crippen LogP contribution in [0.15, 0.2) is 97.1 Å². The maximum atomic E-state index is 9.31. The van der Waals surface area contributed by atoms with E-state index in [1.807, 2.05) is 48.5 Å². The fourth-order valence-electron chi connectivity index (χ4n) is 2.59. The highest BCUT2D eigenvalue weighted by Crippen LogP contribution is 2.29. The molecule has 4 rings (SSSR count). The van der Waals surface area contributed by atoms with Gasteiger partial charge in [-0.15, -0.1) is 0 Å². The lowest BCUT2D eigenvalue weighted by Gasteiger charge is -2.10. The van der Waals surface area contributed by atoms with E-state index in [9.17, 15) is 10.2 Å². The molecule has 30 heavy (non-hydrogen) atoms. The SMILES string of the molecule is Oc1ccc(Oc2ccc(Oc3ccc(Oc4ccc(O)cc4)cc3)cc2)cc1.S. The van der Waals surface area contributed by atoms with Crippen LogP contribution in [0.2, 0.25) is 0 Å². The molecule has 0 spiro atoms. The maximum Gasteiger partial charge on any atom is 0.127 e. The van der Waals surface area contributed by atoms with E-state index in [2.05, 4.69) is 0 Å². The number of benzene rings is 4. The first kappa shape index (κ1) is 21.0. The Morgan fingerprint density at radius 3 is 0.700 bits per heavy atom. The minimum Gasteiger partial charge on any atom is -0.508 e. The average molecular weight is 420 g/mol. The van der Waals surface area contributed by atoms with Gasteiger partial charge < -0.3 is 24.4 Å². The Labute approximate surface area is 181 Å². The molecule has 4 aromatic rings. The molecule has 152 valence electrons. The van der Waals surface area contributed by atoms with Crippen LogP contribution in [0.4, 0.5) is 0 Å². The van der Waals surface area contributed by atoms with Crippen LogP contribution in [-0.2, 0) is 0 Å². The number of aromatic hydroxyl groups is 2. The molecule has 2 N–H and O–H groups in total. The van der Waals surface area contributed by atoms with Crippen molar-refractivity contribution in [1.82, 2.24) is 0 Å². The third kappa shape index (κ3) is 5.62. The van der Waals surface area contributed by atoms with Gasteiger partial charge in [0.1, 0.15) is 46.0 Å². The molecule has 4 aromatic carbocycles. The first-order valence-corrected chi connectivity index (χ1v) is 8.96. The molecule has 6 heteroatoms. The quantitative estimate of drug-likeness (QED) is 0.368. The molecule has 0 aliphatic heterocycles. The third-order valence-electron chi connectivity index (χ3n) is 4.03. The summed E-state index contributed by atoms with van der Waals surface area (Å²) in [5.41, 5.74) is 0. The van der Waals surface area contributed by atoms with Crippen molar-refractivity contribution < 1.29 is 24.4 Å². The van der Waals surface area contributed by atoms with E-state index in [0.29, 0.717) is 34.5 Å². The van der Waals surface area contributed by atoms with Crippen molar-refractivity contribution in [2.75, 3.05) is 0 Å². The van der Waals surface area contributed by atoms with Gasteiger partial charge in [-0.2, -0.15) is 13.5 Å². The lowest BCUT2D eigenvalue weighted by atomic mass is 10.3. The summed E-state index contributed by atoms with van der Waals surface area (Å²) in [5.74, 6) is 4.36. The van der Waals surface area contributed by atoms with Crippen LogP contribution in [0, 0.1) is 0 Å². The van der Waals surface area contributed by atoms with E-state index in [1.54, 1.807) is 48.5 Å². The Hall–Kier alpha value is -3.77.